The molecule has 2 fully saturated rings. The maximum Gasteiger partial charge on any atom is 0.328 e. The summed E-state index contributed by atoms with van der Waals surface area (Å²) in [6, 6.07) is 2.16. The van der Waals surface area contributed by atoms with Gasteiger partial charge in [0.05, 0.1) is 12.2 Å². The van der Waals surface area contributed by atoms with Crippen LogP contribution in [0.15, 0.2) is 16.9 Å². The average molecular weight is 391 g/mol. The van der Waals surface area contributed by atoms with Crippen molar-refractivity contribution >= 4 is 23.3 Å². The quantitative estimate of drug-likeness (QED) is 0.808. The minimum absolute atomic E-state index is 0.160. The topological polar surface area (TPSA) is 99.3 Å². The number of nitrogens with one attached hydrogen (secondary N) is 1. The summed E-state index contributed by atoms with van der Waals surface area (Å²) >= 11 is 1.19. The normalized spacial score (nSPS) is 18.7. The Morgan fingerprint density at radius 1 is 1.22 bits per heavy atom. The van der Waals surface area contributed by atoms with Crippen molar-refractivity contribution < 1.29 is 14.0 Å². The molecule has 2 aromatic heterocycles. The van der Waals surface area contributed by atoms with Crippen molar-refractivity contribution in [3.8, 4) is 10.7 Å². The Bertz CT molecular complexity index is 1000. The van der Waals surface area contributed by atoms with E-state index in [9.17, 15) is 18.8 Å². The van der Waals surface area contributed by atoms with Crippen LogP contribution in [0.25, 0.3) is 10.7 Å². The van der Waals surface area contributed by atoms with Gasteiger partial charge in [-0.05, 0) is 45.7 Å². The molecule has 1 saturated heterocycles. The van der Waals surface area contributed by atoms with Gasteiger partial charge in [-0.1, -0.05) is 11.3 Å². The van der Waals surface area contributed by atoms with E-state index in [-0.39, 0.29) is 18.5 Å². The molecule has 0 atom stereocenters. The van der Waals surface area contributed by atoms with Gasteiger partial charge in [0, 0.05) is 5.54 Å². The summed E-state index contributed by atoms with van der Waals surface area (Å²) in [5, 5.41) is 9.05. The molecule has 1 spiro atoms. The number of H-pyrrole nitrogens is 1. The van der Waals surface area contributed by atoms with E-state index in [1.165, 1.54) is 22.3 Å². The Morgan fingerprint density at radius 2 is 1.93 bits per heavy atom. The van der Waals surface area contributed by atoms with E-state index < -0.39 is 22.5 Å². The van der Waals surface area contributed by atoms with Gasteiger partial charge >= 0.3 is 6.03 Å². The molecular weight excluding hydrogens is 373 g/mol. The fourth-order valence-corrected chi connectivity index (χ4v) is 4.08. The minimum Gasteiger partial charge on any atom is -0.317 e. The van der Waals surface area contributed by atoms with Gasteiger partial charge in [0.2, 0.25) is 0 Å². The summed E-state index contributed by atoms with van der Waals surface area (Å²) in [6.45, 7) is 5.66. The molecule has 10 heteroatoms. The highest BCUT2D eigenvalue weighted by atomic mass is 32.1. The molecule has 4 rings (SSSR count). The number of carbonyl (C=O) groups excluding carboxylic acids is 2. The van der Waals surface area contributed by atoms with Gasteiger partial charge in [-0.25, -0.2) is 9.18 Å². The average Bonchev–Trinajstić information content (AvgIpc) is 3.20. The molecule has 0 unspecified atom stereocenters. The summed E-state index contributed by atoms with van der Waals surface area (Å²) in [5.74, 6) is -1.03. The van der Waals surface area contributed by atoms with Crippen LogP contribution in [-0.4, -0.2) is 48.0 Å². The first-order valence-corrected chi connectivity index (χ1v) is 9.33. The fraction of sp³-hybridized carbons (Fsp3) is 0.471. The molecule has 1 saturated carbocycles. The Balaban J connectivity index is 1.61. The van der Waals surface area contributed by atoms with E-state index in [4.69, 9.17) is 0 Å². The van der Waals surface area contributed by atoms with Crippen LogP contribution in [0.2, 0.25) is 0 Å². The van der Waals surface area contributed by atoms with Crippen molar-refractivity contribution in [2.75, 3.05) is 0 Å². The smallest absolute Gasteiger partial charge is 0.317 e. The number of imide groups is 1. The molecule has 3 heterocycles. The highest BCUT2D eigenvalue weighted by Crippen LogP contribution is 2.50. The van der Waals surface area contributed by atoms with Crippen molar-refractivity contribution in [1.29, 1.82) is 0 Å². The molecule has 142 valence electrons. The predicted molar refractivity (Wildman–Crippen MR) is 95.4 cm³/mol. The van der Waals surface area contributed by atoms with Crippen LogP contribution in [0.5, 0.6) is 0 Å². The van der Waals surface area contributed by atoms with Crippen LogP contribution in [0, 0.1) is 5.82 Å². The number of urea groups is 1. The third kappa shape index (κ3) is 2.75. The van der Waals surface area contributed by atoms with Gasteiger partial charge in [0.25, 0.3) is 11.5 Å². The lowest BCUT2D eigenvalue weighted by Gasteiger charge is -2.29. The number of pyridine rings is 1. The molecule has 0 bridgehead atoms. The van der Waals surface area contributed by atoms with Crippen molar-refractivity contribution in [1.82, 2.24) is 25.0 Å². The number of aromatic amines is 1. The molecule has 2 aliphatic rings. The van der Waals surface area contributed by atoms with E-state index in [2.05, 4.69) is 15.2 Å². The van der Waals surface area contributed by atoms with Crippen molar-refractivity contribution in [3.63, 3.8) is 0 Å². The molecule has 3 amide bonds. The molecule has 27 heavy (non-hydrogen) atoms. The van der Waals surface area contributed by atoms with Crippen molar-refractivity contribution in [2.45, 2.75) is 51.2 Å². The fourth-order valence-electron chi connectivity index (χ4n) is 3.27. The molecule has 0 aromatic carbocycles. The number of nitrogens with zero attached hydrogens (tertiary/aromatic N) is 4. The van der Waals surface area contributed by atoms with Crippen LogP contribution in [0.3, 0.4) is 0 Å². The number of halogens is 1. The van der Waals surface area contributed by atoms with Crippen molar-refractivity contribution in [3.05, 3.63) is 33.3 Å². The van der Waals surface area contributed by atoms with Gasteiger partial charge < -0.3 is 9.88 Å². The second-order valence-corrected chi connectivity index (χ2v) is 8.82. The Morgan fingerprint density at radius 3 is 2.52 bits per heavy atom. The highest BCUT2D eigenvalue weighted by molar-refractivity contribution is 7.14. The van der Waals surface area contributed by atoms with Crippen molar-refractivity contribution in [2.24, 2.45) is 0 Å². The summed E-state index contributed by atoms with van der Waals surface area (Å²) in [7, 11) is 0. The molecular formula is C17H18FN5O3S. The summed E-state index contributed by atoms with van der Waals surface area (Å²) in [5.41, 5.74) is -1.84. The van der Waals surface area contributed by atoms with Gasteiger partial charge in [-0.3, -0.25) is 14.5 Å². The highest BCUT2D eigenvalue weighted by Gasteiger charge is 2.66. The van der Waals surface area contributed by atoms with Crippen LogP contribution >= 0.6 is 11.3 Å². The molecule has 8 nitrogen and oxygen atoms in total. The number of hydrogen-bond acceptors (Lipinski definition) is 6. The zero-order valence-electron chi connectivity index (χ0n) is 15.1. The number of carbonyl (C=O) groups is 2. The van der Waals surface area contributed by atoms with E-state index in [1.807, 2.05) is 20.8 Å². The molecule has 2 aromatic rings. The SMILES string of the molecule is CC(C)(C)N1C(=O)N(Cc2nnc(-c3ccc(F)c(=O)[nH]3)s2)C2(CC2)C1=O. The Labute approximate surface area is 158 Å². The standard InChI is InChI=1S/C17H18FN5O3S/c1-16(2,3)23-14(25)17(6-7-17)22(15(23)26)8-11-20-21-13(27-11)10-5-4-9(18)12(24)19-10/h4-5H,6-8H2,1-3H3,(H,19,24). The van der Waals surface area contributed by atoms with Crippen LogP contribution in [-0.2, 0) is 11.3 Å². The van der Waals surface area contributed by atoms with Crippen LogP contribution in [0.4, 0.5) is 9.18 Å². The van der Waals surface area contributed by atoms with Gasteiger partial charge in [-0.2, -0.15) is 0 Å². The van der Waals surface area contributed by atoms with Crippen LogP contribution in [0.1, 0.15) is 38.6 Å². The monoisotopic (exact) mass is 391 g/mol. The molecule has 1 aliphatic heterocycles. The third-order valence-electron chi connectivity index (χ3n) is 4.79. The lowest BCUT2D eigenvalue weighted by atomic mass is 10.1. The maximum atomic E-state index is 13.1. The first kappa shape index (κ1) is 17.8. The number of rotatable bonds is 3. The predicted octanol–water partition coefficient (Wildman–Crippen LogP) is 2.13. The summed E-state index contributed by atoms with van der Waals surface area (Å²) in [6.07, 6.45) is 1.28. The Kier molecular flexibility index (Phi) is 3.74. The van der Waals surface area contributed by atoms with Gasteiger partial charge in [0.15, 0.2) is 10.8 Å². The zero-order chi connectivity index (χ0) is 19.6. The second kappa shape index (κ2) is 5.69. The third-order valence-corrected chi connectivity index (χ3v) is 5.73. The van der Waals surface area contributed by atoms with Crippen LogP contribution < -0.4 is 5.56 Å². The Hall–Kier alpha value is -2.62. The van der Waals surface area contributed by atoms with E-state index in [0.29, 0.717) is 28.6 Å². The first-order valence-electron chi connectivity index (χ1n) is 8.51. The van der Waals surface area contributed by atoms with E-state index in [1.54, 1.807) is 4.90 Å². The lowest BCUT2D eigenvalue weighted by molar-refractivity contribution is -0.132. The maximum absolute atomic E-state index is 13.1. The minimum atomic E-state index is -0.873. The second-order valence-electron chi connectivity index (χ2n) is 7.76. The molecule has 1 N–H and O–H groups in total. The summed E-state index contributed by atoms with van der Waals surface area (Å²) < 4.78 is 13.1. The molecule has 1 aliphatic carbocycles. The first-order chi connectivity index (χ1) is 12.6. The lowest BCUT2D eigenvalue weighted by Crippen LogP contribution is -2.46. The molecule has 0 radical (unpaired) electrons. The van der Waals surface area contributed by atoms with Gasteiger partial charge in [-0.15, -0.1) is 10.2 Å². The van der Waals surface area contributed by atoms with E-state index >= 15 is 0 Å². The largest absolute Gasteiger partial charge is 0.328 e. The number of amides is 3. The van der Waals surface area contributed by atoms with Gasteiger partial charge in [0.1, 0.15) is 10.5 Å². The summed E-state index contributed by atoms with van der Waals surface area (Å²) in [4.78, 5) is 42.4. The number of hydrogen-bond donors (Lipinski definition) is 1. The zero-order valence-corrected chi connectivity index (χ0v) is 15.9. The van der Waals surface area contributed by atoms with E-state index in [0.717, 1.165) is 6.07 Å². The number of aromatic nitrogens is 3.